The van der Waals surface area contributed by atoms with Crippen LogP contribution in [0.2, 0.25) is 0 Å². The number of carbonyl (C=O) groups excluding carboxylic acids is 1. The van der Waals surface area contributed by atoms with Crippen molar-refractivity contribution >= 4 is 11.9 Å². The summed E-state index contributed by atoms with van der Waals surface area (Å²) in [6.07, 6.45) is 5.19. The number of ether oxygens (including phenoxy) is 5. The van der Waals surface area contributed by atoms with Crippen LogP contribution in [-0.4, -0.2) is 116 Å². The van der Waals surface area contributed by atoms with Crippen LogP contribution in [-0.2, 0) is 33.3 Å². The largest absolute Gasteiger partial charge is 0.481 e. The van der Waals surface area contributed by atoms with E-state index in [-0.39, 0.29) is 12.8 Å². The highest BCUT2D eigenvalue weighted by Gasteiger charge is 2.50. The summed E-state index contributed by atoms with van der Waals surface area (Å²) in [5.74, 6) is -1.65. The van der Waals surface area contributed by atoms with Gasteiger partial charge in [0.15, 0.2) is 12.6 Å². The van der Waals surface area contributed by atoms with Gasteiger partial charge in [-0.2, -0.15) is 0 Å². The summed E-state index contributed by atoms with van der Waals surface area (Å²) in [6, 6.07) is 0. The molecule has 2 heterocycles. The summed E-state index contributed by atoms with van der Waals surface area (Å²) < 4.78 is 29.5. The first-order valence-electron chi connectivity index (χ1n) is 20.8. The highest BCUT2D eigenvalue weighted by Crippen LogP contribution is 2.31. The summed E-state index contributed by atoms with van der Waals surface area (Å²) in [5.41, 5.74) is 0. The molecule has 0 amide bonds. The lowest BCUT2D eigenvalue weighted by atomic mass is 9.97. The summed E-state index contributed by atoms with van der Waals surface area (Å²) in [7, 11) is 0. The molecule has 13 nitrogen and oxygen atoms in total. The quantitative estimate of drug-likeness (QED) is 0.0403. The Labute approximate surface area is 318 Å². The van der Waals surface area contributed by atoms with E-state index >= 15 is 0 Å². The smallest absolute Gasteiger partial charge is 0.308 e. The van der Waals surface area contributed by atoms with Gasteiger partial charge < -0.3 is 54.3 Å². The standard InChI is InChI=1S/C40H74O13/c1-5-7-9-11-13-15-17-19-21-23-29(25-31(41)42)51-32(43)26-30(24-22-20-18-16-14-12-10-8-6-2)52-40-38(36(47)34(45)28(4)50-40)53-39-37(48)35(46)33(44)27(3)49-39/h27-30,33-40,44-48H,5-26H2,1-4H3,(H,41,42)/t27-,28-,29+,30+,33-,34-,35+,36+,37+,38+,39-,40-/m0/s1. The number of aliphatic hydroxyl groups excluding tert-OH is 5. The third-order valence-corrected chi connectivity index (χ3v) is 10.6. The third kappa shape index (κ3) is 18.4. The molecule has 0 aliphatic carbocycles. The Morgan fingerprint density at radius 1 is 0.547 bits per heavy atom. The fourth-order valence-corrected chi connectivity index (χ4v) is 7.13. The second-order valence-electron chi connectivity index (χ2n) is 15.4. The van der Waals surface area contributed by atoms with E-state index in [4.69, 9.17) is 23.7 Å². The summed E-state index contributed by atoms with van der Waals surface area (Å²) in [5, 5.41) is 62.3. The maximum absolute atomic E-state index is 13.4. The second-order valence-corrected chi connectivity index (χ2v) is 15.4. The van der Waals surface area contributed by atoms with Gasteiger partial charge in [0, 0.05) is 0 Å². The van der Waals surface area contributed by atoms with Crippen LogP contribution in [0, 0.1) is 0 Å². The molecule has 0 aromatic heterocycles. The van der Waals surface area contributed by atoms with Gasteiger partial charge in [-0.15, -0.1) is 0 Å². The number of aliphatic hydroxyl groups is 5. The number of unbranched alkanes of at least 4 members (excludes halogenated alkanes) is 16. The van der Waals surface area contributed by atoms with E-state index in [1.54, 1.807) is 6.92 Å². The van der Waals surface area contributed by atoms with Crippen LogP contribution in [0.5, 0.6) is 0 Å². The Hall–Kier alpha value is -1.42. The van der Waals surface area contributed by atoms with E-state index in [0.717, 1.165) is 51.4 Å². The van der Waals surface area contributed by atoms with Crippen molar-refractivity contribution in [1.29, 1.82) is 0 Å². The minimum Gasteiger partial charge on any atom is -0.481 e. The zero-order valence-electron chi connectivity index (χ0n) is 33.0. The third-order valence-electron chi connectivity index (χ3n) is 10.6. The lowest BCUT2D eigenvalue weighted by molar-refractivity contribution is -0.366. The van der Waals surface area contributed by atoms with E-state index in [2.05, 4.69) is 13.8 Å². The zero-order valence-corrected chi connectivity index (χ0v) is 33.0. The van der Waals surface area contributed by atoms with Gasteiger partial charge in [-0.3, -0.25) is 9.59 Å². The van der Waals surface area contributed by atoms with E-state index in [0.29, 0.717) is 12.8 Å². The number of aliphatic carboxylic acids is 1. The number of hydrogen-bond acceptors (Lipinski definition) is 12. The van der Waals surface area contributed by atoms with Gasteiger partial charge in [0.1, 0.15) is 42.7 Å². The fourth-order valence-electron chi connectivity index (χ4n) is 7.13. The molecule has 53 heavy (non-hydrogen) atoms. The number of rotatable bonds is 29. The summed E-state index contributed by atoms with van der Waals surface area (Å²) in [6.45, 7) is 7.44. The van der Waals surface area contributed by atoms with Crippen molar-refractivity contribution in [3.63, 3.8) is 0 Å². The molecular formula is C40H74O13. The molecule has 0 saturated carbocycles. The highest BCUT2D eigenvalue weighted by molar-refractivity contribution is 5.72. The summed E-state index contributed by atoms with van der Waals surface area (Å²) in [4.78, 5) is 25.0. The van der Waals surface area contributed by atoms with Crippen molar-refractivity contribution in [1.82, 2.24) is 0 Å². The zero-order chi connectivity index (χ0) is 39.2. The van der Waals surface area contributed by atoms with Crippen LogP contribution >= 0.6 is 0 Å². The van der Waals surface area contributed by atoms with Crippen molar-refractivity contribution in [3.8, 4) is 0 Å². The van der Waals surface area contributed by atoms with E-state index in [1.165, 1.54) is 71.1 Å². The lowest BCUT2D eigenvalue weighted by Crippen LogP contribution is -2.63. The number of hydrogen-bond donors (Lipinski definition) is 6. The van der Waals surface area contributed by atoms with Gasteiger partial charge >= 0.3 is 11.9 Å². The Bertz CT molecular complexity index is 969. The molecular weight excluding hydrogens is 688 g/mol. The summed E-state index contributed by atoms with van der Waals surface area (Å²) >= 11 is 0. The molecule has 2 fully saturated rings. The molecule has 2 rings (SSSR count). The second kappa shape index (κ2) is 27.2. The van der Waals surface area contributed by atoms with Crippen molar-refractivity contribution in [3.05, 3.63) is 0 Å². The number of esters is 1. The Balaban J connectivity index is 2.08. The lowest BCUT2D eigenvalue weighted by Gasteiger charge is -2.46. The minimum absolute atomic E-state index is 0.199. The predicted octanol–water partition coefficient (Wildman–Crippen LogP) is 5.67. The van der Waals surface area contributed by atoms with Crippen LogP contribution in [0.3, 0.4) is 0 Å². The van der Waals surface area contributed by atoms with Crippen molar-refractivity contribution in [2.45, 2.75) is 243 Å². The molecule has 13 heteroatoms. The Kier molecular flexibility index (Phi) is 24.5. The number of carboxylic acid groups (broad SMARTS) is 1. The molecule has 0 aromatic rings. The molecule has 0 radical (unpaired) electrons. The van der Waals surface area contributed by atoms with Crippen LogP contribution in [0.4, 0.5) is 0 Å². The SMILES string of the molecule is CCCCCCCCCCC[C@H](CC(=O)O)OC(=O)C[C@@H](CCCCCCCCCCC)O[C@@H]1O[C@@H](C)[C@H](O)[C@@H](O)[C@H]1O[C@@H]1O[C@@H](C)[C@H](O)[C@@H](O)[C@H]1O. The van der Waals surface area contributed by atoms with Gasteiger partial charge in [-0.25, -0.2) is 0 Å². The van der Waals surface area contributed by atoms with Crippen molar-refractivity contribution in [2.24, 2.45) is 0 Å². The molecule has 0 unspecified atom stereocenters. The first kappa shape index (κ1) is 47.7. The molecule has 12 atom stereocenters. The predicted molar refractivity (Wildman–Crippen MR) is 199 cm³/mol. The first-order valence-corrected chi connectivity index (χ1v) is 20.8. The van der Waals surface area contributed by atoms with Crippen LogP contribution in [0.15, 0.2) is 0 Å². The molecule has 6 N–H and O–H groups in total. The first-order chi connectivity index (χ1) is 25.4. The molecule has 0 aromatic carbocycles. The molecule has 2 aliphatic heterocycles. The molecule has 0 spiro atoms. The number of carbonyl (C=O) groups is 2. The minimum atomic E-state index is -1.67. The van der Waals surface area contributed by atoms with Crippen LogP contribution in [0.25, 0.3) is 0 Å². The van der Waals surface area contributed by atoms with Crippen molar-refractivity contribution < 1.29 is 63.9 Å². The van der Waals surface area contributed by atoms with Gasteiger partial charge in [0.2, 0.25) is 0 Å². The normalized spacial score (nSPS) is 30.2. The molecule has 2 saturated heterocycles. The fraction of sp³-hybridized carbons (Fsp3) is 0.950. The topological polar surface area (TPSA) is 202 Å². The van der Waals surface area contributed by atoms with Crippen molar-refractivity contribution in [2.75, 3.05) is 0 Å². The van der Waals surface area contributed by atoms with E-state index < -0.39 is 85.6 Å². The van der Waals surface area contributed by atoms with Crippen LogP contribution < -0.4 is 0 Å². The molecule has 2 aliphatic rings. The molecule has 312 valence electrons. The highest BCUT2D eigenvalue weighted by atomic mass is 16.8. The maximum Gasteiger partial charge on any atom is 0.308 e. The van der Waals surface area contributed by atoms with Gasteiger partial charge in [0.25, 0.3) is 0 Å². The van der Waals surface area contributed by atoms with Gasteiger partial charge in [0.05, 0.1) is 31.2 Å². The maximum atomic E-state index is 13.4. The van der Waals surface area contributed by atoms with Gasteiger partial charge in [-0.1, -0.05) is 123 Å². The molecule has 0 bridgehead atoms. The van der Waals surface area contributed by atoms with E-state index in [9.17, 15) is 40.2 Å². The Morgan fingerprint density at radius 3 is 1.47 bits per heavy atom. The monoisotopic (exact) mass is 763 g/mol. The Morgan fingerprint density at radius 2 is 0.981 bits per heavy atom. The average molecular weight is 763 g/mol. The van der Waals surface area contributed by atoms with E-state index in [1.807, 2.05) is 0 Å². The van der Waals surface area contributed by atoms with Gasteiger partial charge in [-0.05, 0) is 33.1 Å². The van der Waals surface area contributed by atoms with Crippen LogP contribution in [0.1, 0.15) is 169 Å². The average Bonchev–Trinajstić information content (AvgIpc) is 3.11. The number of carboxylic acids is 1.